The second-order valence-corrected chi connectivity index (χ2v) is 3.58. The van der Waals surface area contributed by atoms with Gasteiger partial charge >= 0.3 is 5.97 Å². The van der Waals surface area contributed by atoms with Gasteiger partial charge in [-0.2, -0.15) is 0 Å². The van der Waals surface area contributed by atoms with Crippen molar-refractivity contribution in [2.45, 2.75) is 25.4 Å². The van der Waals surface area contributed by atoms with Crippen LogP contribution in [0.5, 0.6) is 0 Å². The lowest BCUT2D eigenvalue weighted by molar-refractivity contribution is -0.141. The quantitative estimate of drug-likeness (QED) is 0.497. The second kappa shape index (κ2) is 4.58. The van der Waals surface area contributed by atoms with Gasteiger partial charge in [0.1, 0.15) is 0 Å². The third-order valence-electron chi connectivity index (χ3n) is 2.20. The van der Waals surface area contributed by atoms with E-state index in [-0.39, 0.29) is 11.6 Å². The van der Waals surface area contributed by atoms with E-state index >= 15 is 0 Å². The Labute approximate surface area is 78.6 Å². The minimum absolute atomic E-state index is 0.00385. The lowest BCUT2D eigenvalue weighted by Gasteiger charge is -2.39. The van der Waals surface area contributed by atoms with Crippen LogP contribution in [0.15, 0.2) is 0 Å². The van der Waals surface area contributed by atoms with E-state index in [1.165, 1.54) is 7.11 Å². The van der Waals surface area contributed by atoms with Crippen molar-refractivity contribution in [2.24, 2.45) is 0 Å². The molecule has 1 aliphatic rings. The van der Waals surface area contributed by atoms with Crippen molar-refractivity contribution < 1.29 is 14.3 Å². The van der Waals surface area contributed by atoms with Gasteiger partial charge in [-0.15, -0.1) is 0 Å². The summed E-state index contributed by atoms with van der Waals surface area (Å²) in [6.45, 7) is 4.52. The predicted molar refractivity (Wildman–Crippen MR) is 48.5 cm³/mol. The van der Waals surface area contributed by atoms with E-state index in [4.69, 9.17) is 4.74 Å². The van der Waals surface area contributed by atoms with Crippen LogP contribution in [0.25, 0.3) is 0 Å². The van der Waals surface area contributed by atoms with Gasteiger partial charge in [-0.05, 0) is 13.3 Å². The van der Waals surface area contributed by atoms with Gasteiger partial charge in [0.2, 0.25) is 0 Å². The standard InChI is InChI=1S/C9H17NO3/c1-9(6-10-7-9)13-5-3-4-8(11)12-2/h10H,3-7H2,1-2H3. The smallest absolute Gasteiger partial charge is 0.305 e. The van der Waals surface area contributed by atoms with Gasteiger partial charge in [-0.25, -0.2) is 0 Å². The fourth-order valence-corrected chi connectivity index (χ4v) is 1.22. The van der Waals surface area contributed by atoms with E-state index in [0.29, 0.717) is 13.0 Å². The molecule has 0 amide bonds. The summed E-state index contributed by atoms with van der Waals surface area (Å²) in [5.41, 5.74) is -0.00385. The molecule has 76 valence electrons. The van der Waals surface area contributed by atoms with Gasteiger partial charge in [-0.1, -0.05) is 0 Å². The zero-order chi connectivity index (χ0) is 9.73. The van der Waals surface area contributed by atoms with E-state index in [1.807, 2.05) is 0 Å². The normalized spacial score (nSPS) is 19.2. The number of rotatable bonds is 5. The van der Waals surface area contributed by atoms with Crippen molar-refractivity contribution >= 4 is 5.97 Å². The molecule has 1 fully saturated rings. The van der Waals surface area contributed by atoms with Gasteiger partial charge in [-0.3, -0.25) is 4.79 Å². The topological polar surface area (TPSA) is 47.6 Å². The Morgan fingerprint density at radius 1 is 1.54 bits per heavy atom. The average Bonchev–Trinajstić information content (AvgIpc) is 2.09. The highest BCUT2D eigenvalue weighted by Crippen LogP contribution is 2.15. The molecule has 0 aromatic heterocycles. The molecule has 1 N–H and O–H groups in total. The SMILES string of the molecule is COC(=O)CCCOC1(C)CNC1. The largest absolute Gasteiger partial charge is 0.469 e. The van der Waals surface area contributed by atoms with Gasteiger partial charge in [0.25, 0.3) is 0 Å². The third-order valence-corrected chi connectivity index (χ3v) is 2.20. The van der Waals surface area contributed by atoms with E-state index in [9.17, 15) is 4.79 Å². The van der Waals surface area contributed by atoms with Crippen LogP contribution >= 0.6 is 0 Å². The molecule has 0 aromatic carbocycles. The molecule has 4 heteroatoms. The highest BCUT2D eigenvalue weighted by molar-refractivity contribution is 5.68. The summed E-state index contributed by atoms with van der Waals surface area (Å²) >= 11 is 0. The third kappa shape index (κ3) is 3.32. The highest BCUT2D eigenvalue weighted by Gasteiger charge is 2.31. The number of hydrogen-bond acceptors (Lipinski definition) is 4. The molecule has 1 aliphatic heterocycles. The number of carbonyl (C=O) groups excluding carboxylic acids is 1. The Balaban J connectivity index is 1.98. The molecule has 1 rings (SSSR count). The summed E-state index contributed by atoms with van der Waals surface area (Å²) in [5, 5.41) is 3.15. The molecule has 0 unspecified atom stereocenters. The van der Waals surface area contributed by atoms with Crippen molar-refractivity contribution in [1.29, 1.82) is 0 Å². The lowest BCUT2D eigenvalue weighted by Crippen LogP contribution is -2.59. The summed E-state index contributed by atoms with van der Waals surface area (Å²) in [6.07, 6.45) is 1.18. The first-order valence-corrected chi connectivity index (χ1v) is 4.58. The van der Waals surface area contributed by atoms with Crippen LogP contribution in [0.1, 0.15) is 19.8 Å². The zero-order valence-corrected chi connectivity index (χ0v) is 8.26. The number of methoxy groups -OCH3 is 1. The maximum Gasteiger partial charge on any atom is 0.305 e. The molecule has 0 aromatic rings. The molecular weight excluding hydrogens is 170 g/mol. The first kappa shape index (κ1) is 10.5. The Kier molecular flexibility index (Phi) is 3.69. The average molecular weight is 187 g/mol. The maximum atomic E-state index is 10.7. The summed E-state index contributed by atoms with van der Waals surface area (Å²) in [4.78, 5) is 10.7. The van der Waals surface area contributed by atoms with Gasteiger partial charge in [0.15, 0.2) is 0 Å². The van der Waals surface area contributed by atoms with Crippen LogP contribution in [-0.4, -0.2) is 38.4 Å². The number of hydrogen-bond donors (Lipinski definition) is 1. The first-order valence-electron chi connectivity index (χ1n) is 4.58. The molecule has 1 heterocycles. The summed E-state index contributed by atoms with van der Waals surface area (Å²) in [7, 11) is 1.40. The fraction of sp³-hybridized carbons (Fsp3) is 0.889. The van der Waals surface area contributed by atoms with E-state index in [0.717, 1.165) is 19.5 Å². The Bertz CT molecular complexity index is 178. The van der Waals surface area contributed by atoms with Crippen LogP contribution in [-0.2, 0) is 14.3 Å². The number of ether oxygens (including phenoxy) is 2. The van der Waals surface area contributed by atoms with Crippen molar-refractivity contribution in [3.63, 3.8) is 0 Å². The minimum Gasteiger partial charge on any atom is -0.469 e. The minimum atomic E-state index is -0.166. The van der Waals surface area contributed by atoms with Crippen LogP contribution in [0.2, 0.25) is 0 Å². The highest BCUT2D eigenvalue weighted by atomic mass is 16.5. The summed E-state index contributed by atoms with van der Waals surface area (Å²) in [5.74, 6) is -0.166. The zero-order valence-electron chi connectivity index (χ0n) is 8.26. The molecule has 0 saturated carbocycles. The Hall–Kier alpha value is -0.610. The number of esters is 1. The summed E-state index contributed by atoms with van der Waals surface area (Å²) in [6, 6.07) is 0. The van der Waals surface area contributed by atoms with Crippen molar-refractivity contribution in [2.75, 3.05) is 26.8 Å². The number of nitrogens with one attached hydrogen (secondary N) is 1. The molecule has 13 heavy (non-hydrogen) atoms. The molecule has 0 spiro atoms. The van der Waals surface area contributed by atoms with Crippen LogP contribution in [0, 0.1) is 0 Å². The predicted octanol–water partition coefficient (Wildman–Crippen LogP) is 0.318. The molecular formula is C9H17NO3. The fourth-order valence-electron chi connectivity index (χ4n) is 1.22. The van der Waals surface area contributed by atoms with Crippen molar-refractivity contribution in [3.8, 4) is 0 Å². The van der Waals surface area contributed by atoms with Gasteiger partial charge in [0, 0.05) is 26.1 Å². The monoisotopic (exact) mass is 187 g/mol. The second-order valence-electron chi connectivity index (χ2n) is 3.58. The van der Waals surface area contributed by atoms with Crippen LogP contribution in [0.4, 0.5) is 0 Å². The Morgan fingerprint density at radius 3 is 2.69 bits per heavy atom. The molecule has 0 atom stereocenters. The van der Waals surface area contributed by atoms with Crippen molar-refractivity contribution in [1.82, 2.24) is 5.32 Å². The van der Waals surface area contributed by atoms with E-state index in [2.05, 4.69) is 17.0 Å². The van der Waals surface area contributed by atoms with E-state index < -0.39 is 0 Å². The first-order chi connectivity index (χ1) is 6.16. The molecule has 4 nitrogen and oxygen atoms in total. The van der Waals surface area contributed by atoms with E-state index in [1.54, 1.807) is 0 Å². The molecule has 0 bridgehead atoms. The van der Waals surface area contributed by atoms with Crippen LogP contribution < -0.4 is 5.32 Å². The van der Waals surface area contributed by atoms with Gasteiger partial charge in [0.05, 0.1) is 12.7 Å². The Morgan fingerprint density at radius 2 is 2.23 bits per heavy atom. The van der Waals surface area contributed by atoms with Gasteiger partial charge < -0.3 is 14.8 Å². The molecule has 0 radical (unpaired) electrons. The number of carbonyl (C=O) groups is 1. The lowest BCUT2D eigenvalue weighted by atomic mass is 10.0. The van der Waals surface area contributed by atoms with Crippen LogP contribution in [0.3, 0.4) is 0 Å². The molecule has 1 saturated heterocycles. The van der Waals surface area contributed by atoms with Crippen molar-refractivity contribution in [3.05, 3.63) is 0 Å². The summed E-state index contributed by atoms with van der Waals surface area (Å²) < 4.78 is 10.1. The molecule has 0 aliphatic carbocycles. The maximum absolute atomic E-state index is 10.7.